The number of halogens is 1. The fraction of sp³-hybridized carbons (Fsp3) is 0.0667. The number of nitrogens with two attached hydrogens (primary N) is 1. The van der Waals surface area contributed by atoms with Gasteiger partial charge in [-0.15, -0.1) is 12.6 Å². The number of para-hydroxylation sites is 1. The lowest BCUT2D eigenvalue weighted by molar-refractivity contribution is -0.110. The molecule has 5 heteroatoms. The van der Waals surface area contributed by atoms with Gasteiger partial charge in [-0.3, -0.25) is 9.59 Å². The third-order valence-electron chi connectivity index (χ3n) is 2.89. The summed E-state index contributed by atoms with van der Waals surface area (Å²) in [5, 5.41) is -0.287. The lowest BCUT2D eigenvalue weighted by Gasteiger charge is -2.09. The molecular formula is C15H12BrNO2S. The van der Waals surface area contributed by atoms with Gasteiger partial charge in [0.1, 0.15) is 0 Å². The van der Waals surface area contributed by atoms with E-state index >= 15 is 0 Å². The average molecular weight is 350 g/mol. The van der Waals surface area contributed by atoms with Crippen LogP contribution in [0.1, 0.15) is 21.5 Å². The van der Waals surface area contributed by atoms with Crippen LogP contribution in [0.4, 0.5) is 5.69 Å². The molecule has 0 unspecified atom stereocenters. The molecule has 0 radical (unpaired) electrons. The Balaban J connectivity index is 2.39. The molecule has 0 saturated heterocycles. The number of benzene rings is 2. The first-order valence-electron chi connectivity index (χ1n) is 5.88. The van der Waals surface area contributed by atoms with Gasteiger partial charge in [0, 0.05) is 27.7 Å². The van der Waals surface area contributed by atoms with Crippen molar-refractivity contribution in [1.29, 1.82) is 0 Å². The quantitative estimate of drug-likeness (QED) is 0.506. The molecule has 0 atom stereocenters. The van der Waals surface area contributed by atoms with Crippen LogP contribution in [0, 0.1) is 0 Å². The molecule has 0 aliphatic heterocycles. The molecule has 0 aliphatic rings. The average Bonchev–Trinajstić information content (AvgIpc) is 2.41. The molecule has 102 valence electrons. The molecular weight excluding hydrogens is 338 g/mol. The molecule has 0 heterocycles. The van der Waals surface area contributed by atoms with Crippen molar-refractivity contribution in [3.8, 4) is 0 Å². The summed E-state index contributed by atoms with van der Waals surface area (Å²) in [4.78, 5) is 23.5. The Hall–Kier alpha value is -1.59. The lowest BCUT2D eigenvalue weighted by atomic mass is 9.98. The van der Waals surface area contributed by atoms with Gasteiger partial charge >= 0.3 is 0 Å². The predicted molar refractivity (Wildman–Crippen MR) is 86.1 cm³/mol. The Labute approximate surface area is 130 Å². The summed E-state index contributed by atoms with van der Waals surface area (Å²) in [6.07, 6.45) is 0.108. The van der Waals surface area contributed by atoms with Crippen molar-refractivity contribution in [3.63, 3.8) is 0 Å². The van der Waals surface area contributed by atoms with Crippen LogP contribution >= 0.6 is 28.6 Å². The molecule has 0 amide bonds. The van der Waals surface area contributed by atoms with Gasteiger partial charge in [0.15, 0.2) is 10.9 Å². The highest BCUT2D eigenvalue weighted by Gasteiger charge is 2.15. The van der Waals surface area contributed by atoms with E-state index in [-0.39, 0.29) is 17.3 Å². The summed E-state index contributed by atoms with van der Waals surface area (Å²) in [6.45, 7) is 0. The van der Waals surface area contributed by atoms with Gasteiger partial charge in [0.05, 0.1) is 0 Å². The molecule has 2 aromatic carbocycles. The van der Waals surface area contributed by atoms with E-state index in [0.717, 1.165) is 4.47 Å². The minimum Gasteiger partial charge on any atom is -0.398 e. The second kappa shape index (κ2) is 6.24. The molecule has 3 nitrogen and oxygen atoms in total. The minimum absolute atomic E-state index is 0.108. The standard InChI is InChI=1S/C15H12BrNO2S/c16-11-6-4-9(5-7-11)15(19)12-3-1-2-10(14(12)17)8-13(18)20/h1-7H,8,17H2,(H,18,20). The first-order valence-corrected chi connectivity index (χ1v) is 7.12. The van der Waals surface area contributed by atoms with Gasteiger partial charge in [-0.2, -0.15) is 0 Å². The zero-order valence-corrected chi connectivity index (χ0v) is 12.9. The lowest BCUT2D eigenvalue weighted by Crippen LogP contribution is -2.09. The van der Waals surface area contributed by atoms with Crippen LogP contribution in [0.2, 0.25) is 0 Å². The van der Waals surface area contributed by atoms with Gasteiger partial charge in [0.25, 0.3) is 0 Å². The van der Waals surface area contributed by atoms with E-state index in [1.165, 1.54) is 0 Å². The van der Waals surface area contributed by atoms with Gasteiger partial charge in [-0.25, -0.2) is 0 Å². The highest BCUT2D eigenvalue weighted by Crippen LogP contribution is 2.22. The van der Waals surface area contributed by atoms with Crippen LogP contribution < -0.4 is 5.73 Å². The molecule has 0 fully saturated rings. The Morgan fingerprint density at radius 1 is 1.10 bits per heavy atom. The Kier molecular flexibility index (Phi) is 4.62. The van der Waals surface area contributed by atoms with Gasteiger partial charge in [-0.05, 0) is 35.9 Å². The maximum atomic E-state index is 12.4. The van der Waals surface area contributed by atoms with Crippen molar-refractivity contribution in [3.05, 3.63) is 63.6 Å². The van der Waals surface area contributed by atoms with E-state index in [1.54, 1.807) is 42.5 Å². The van der Waals surface area contributed by atoms with E-state index in [2.05, 4.69) is 28.6 Å². The molecule has 2 N–H and O–H groups in total. The molecule has 2 rings (SSSR count). The Morgan fingerprint density at radius 3 is 2.35 bits per heavy atom. The molecule has 0 bridgehead atoms. The number of nitrogen functional groups attached to an aromatic ring is 1. The summed E-state index contributed by atoms with van der Waals surface area (Å²) in [6, 6.07) is 12.1. The second-order valence-corrected chi connectivity index (χ2v) is 5.70. The number of rotatable bonds is 4. The van der Waals surface area contributed by atoms with Crippen molar-refractivity contribution in [2.24, 2.45) is 0 Å². The van der Waals surface area contributed by atoms with Crippen molar-refractivity contribution in [2.45, 2.75) is 6.42 Å². The van der Waals surface area contributed by atoms with Gasteiger partial charge in [0.2, 0.25) is 0 Å². The molecule has 0 spiro atoms. The summed E-state index contributed by atoms with van der Waals surface area (Å²) in [5.41, 5.74) is 7.89. The van der Waals surface area contributed by atoms with Crippen LogP contribution in [0.15, 0.2) is 46.9 Å². The number of anilines is 1. The van der Waals surface area contributed by atoms with Crippen LogP contribution in [-0.4, -0.2) is 10.9 Å². The smallest absolute Gasteiger partial charge is 0.195 e. The molecule has 0 aromatic heterocycles. The van der Waals surface area contributed by atoms with Gasteiger partial charge < -0.3 is 5.73 Å². The number of thiol groups is 1. The summed E-state index contributed by atoms with van der Waals surface area (Å²) in [7, 11) is 0. The maximum absolute atomic E-state index is 12.4. The summed E-state index contributed by atoms with van der Waals surface area (Å²) in [5.74, 6) is -0.163. The maximum Gasteiger partial charge on any atom is 0.195 e. The van der Waals surface area contributed by atoms with Crippen LogP contribution in [-0.2, 0) is 11.2 Å². The first-order chi connectivity index (χ1) is 9.49. The molecule has 0 saturated carbocycles. The number of carbonyl (C=O) groups excluding carboxylic acids is 2. The summed E-state index contributed by atoms with van der Waals surface area (Å²) >= 11 is 7.06. The van der Waals surface area contributed by atoms with Gasteiger partial charge in [-0.1, -0.05) is 28.1 Å². The predicted octanol–water partition coefficient (Wildman–Crippen LogP) is 3.26. The highest BCUT2D eigenvalue weighted by molar-refractivity contribution is 9.10. The third kappa shape index (κ3) is 3.29. The Morgan fingerprint density at radius 2 is 1.75 bits per heavy atom. The molecule has 20 heavy (non-hydrogen) atoms. The number of hydrogen-bond donors (Lipinski definition) is 2. The minimum atomic E-state index is -0.287. The number of hydrogen-bond acceptors (Lipinski definition) is 3. The van der Waals surface area contributed by atoms with Crippen molar-refractivity contribution >= 4 is 45.1 Å². The van der Waals surface area contributed by atoms with Crippen molar-refractivity contribution < 1.29 is 9.59 Å². The third-order valence-corrected chi connectivity index (χ3v) is 3.58. The summed E-state index contributed by atoms with van der Waals surface area (Å²) < 4.78 is 0.899. The fourth-order valence-electron chi connectivity index (χ4n) is 1.88. The van der Waals surface area contributed by atoms with Crippen LogP contribution in [0.5, 0.6) is 0 Å². The SMILES string of the molecule is Nc1c(CC(=O)S)cccc1C(=O)c1ccc(Br)cc1. The molecule has 2 aromatic rings. The monoisotopic (exact) mass is 349 g/mol. The normalized spacial score (nSPS) is 10.3. The van der Waals surface area contributed by atoms with E-state index in [9.17, 15) is 9.59 Å². The topological polar surface area (TPSA) is 60.2 Å². The number of ketones is 1. The van der Waals surface area contributed by atoms with E-state index in [0.29, 0.717) is 22.4 Å². The molecule has 0 aliphatic carbocycles. The van der Waals surface area contributed by atoms with Crippen molar-refractivity contribution in [2.75, 3.05) is 5.73 Å². The van der Waals surface area contributed by atoms with E-state index in [1.807, 2.05) is 0 Å². The van der Waals surface area contributed by atoms with Crippen LogP contribution in [0.3, 0.4) is 0 Å². The second-order valence-electron chi connectivity index (χ2n) is 4.28. The fourth-order valence-corrected chi connectivity index (χ4v) is 2.32. The van der Waals surface area contributed by atoms with Crippen LogP contribution in [0.25, 0.3) is 0 Å². The Bertz CT molecular complexity index is 668. The van der Waals surface area contributed by atoms with Crippen molar-refractivity contribution in [1.82, 2.24) is 0 Å². The first kappa shape index (κ1) is 14.8. The highest BCUT2D eigenvalue weighted by atomic mass is 79.9. The largest absolute Gasteiger partial charge is 0.398 e. The zero-order chi connectivity index (χ0) is 14.7. The van der Waals surface area contributed by atoms with E-state index < -0.39 is 0 Å². The number of carbonyl (C=O) groups is 2. The zero-order valence-electron chi connectivity index (χ0n) is 10.5. The van der Waals surface area contributed by atoms with E-state index in [4.69, 9.17) is 5.73 Å².